The molecule has 0 heterocycles. The fourth-order valence-corrected chi connectivity index (χ4v) is 2.40. The van der Waals surface area contributed by atoms with E-state index in [1.807, 2.05) is 27.7 Å². The van der Waals surface area contributed by atoms with E-state index in [2.05, 4.69) is 19.2 Å². The highest BCUT2D eigenvalue weighted by molar-refractivity contribution is 5.02. The zero-order chi connectivity index (χ0) is 14.7. The number of rotatable bonds is 7. The SMILES string of the molecule is CCOC1CC(NCC(O)COC(C)(C)C)C1(C)C. The summed E-state index contributed by atoms with van der Waals surface area (Å²) in [4.78, 5) is 0. The largest absolute Gasteiger partial charge is 0.389 e. The third-order valence-corrected chi connectivity index (χ3v) is 3.85. The molecule has 1 fully saturated rings. The van der Waals surface area contributed by atoms with Gasteiger partial charge >= 0.3 is 0 Å². The van der Waals surface area contributed by atoms with E-state index in [1.165, 1.54) is 0 Å². The highest BCUT2D eigenvalue weighted by Gasteiger charge is 2.48. The minimum Gasteiger partial charge on any atom is -0.389 e. The second-order valence-electron chi connectivity index (χ2n) is 7.04. The van der Waals surface area contributed by atoms with Gasteiger partial charge in [-0.05, 0) is 34.1 Å². The fraction of sp³-hybridized carbons (Fsp3) is 1.00. The van der Waals surface area contributed by atoms with Crippen LogP contribution in [0.3, 0.4) is 0 Å². The number of hydrogen-bond donors (Lipinski definition) is 2. The van der Waals surface area contributed by atoms with Crippen LogP contribution in [0, 0.1) is 5.41 Å². The maximum absolute atomic E-state index is 9.90. The minimum absolute atomic E-state index is 0.139. The van der Waals surface area contributed by atoms with Crippen LogP contribution in [-0.2, 0) is 9.47 Å². The summed E-state index contributed by atoms with van der Waals surface area (Å²) in [7, 11) is 0. The molecule has 19 heavy (non-hydrogen) atoms. The number of aliphatic hydroxyl groups excluding tert-OH is 1. The molecule has 1 aliphatic rings. The highest BCUT2D eigenvalue weighted by Crippen LogP contribution is 2.42. The molecule has 0 amide bonds. The molecule has 0 radical (unpaired) electrons. The Bertz CT molecular complexity index is 273. The van der Waals surface area contributed by atoms with Crippen molar-refractivity contribution in [2.75, 3.05) is 19.8 Å². The molecule has 4 nitrogen and oxygen atoms in total. The Kier molecular flexibility index (Phi) is 5.80. The molecule has 0 spiro atoms. The Balaban J connectivity index is 2.23. The van der Waals surface area contributed by atoms with Gasteiger partial charge in [0.1, 0.15) is 0 Å². The molecule has 4 heteroatoms. The van der Waals surface area contributed by atoms with Gasteiger partial charge < -0.3 is 19.9 Å². The van der Waals surface area contributed by atoms with Crippen molar-refractivity contribution in [1.29, 1.82) is 0 Å². The Hall–Kier alpha value is -0.160. The van der Waals surface area contributed by atoms with Gasteiger partial charge in [-0.3, -0.25) is 0 Å². The van der Waals surface area contributed by atoms with Gasteiger partial charge in [-0.25, -0.2) is 0 Å². The minimum atomic E-state index is -0.457. The first kappa shape index (κ1) is 16.9. The molecule has 1 saturated carbocycles. The summed E-state index contributed by atoms with van der Waals surface area (Å²) in [6.45, 7) is 14.2. The molecular weight excluding hydrogens is 242 g/mol. The van der Waals surface area contributed by atoms with Crippen LogP contribution in [0.1, 0.15) is 48.0 Å². The van der Waals surface area contributed by atoms with Gasteiger partial charge in [0.25, 0.3) is 0 Å². The zero-order valence-electron chi connectivity index (χ0n) is 13.3. The number of aliphatic hydroxyl groups is 1. The Morgan fingerprint density at radius 3 is 2.47 bits per heavy atom. The van der Waals surface area contributed by atoms with Crippen LogP contribution in [-0.4, -0.2) is 48.7 Å². The Labute approximate surface area is 117 Å². The lowest BCUT2D eigenvalue weighted by Crippen LogP contribution is -2.62. The van der Waals surface area contributed by atoms with E-state index < -0.39 is 6.10 Å². The number of nitrogens with one attached hydrogen (secondary N) is 1. The summed E-state index contributed by atoms with van der Waals surface area (Å²) < 4.78 is 11.3. The van der Waals surface area contributed by atoms with Gasteiger partial charge in [0.05, 0.1) is 24.4 Å². The number of hydrogen-bond acceptors (Lipinski definition) is 4. The molecule has 0 aliphatic heterocycles. The van der Waals surface area contributed by atoms with Gasteiger partial charge in [0.2, 0.25) is 0 Å². The smallest absolute Gasteiger partial charge is 0.0898 e. The predicted octanol–water partition coefficient (Wildman–Crippen LogP) is 1.96. The topological polar surface area (TPSA) is 50.7 Å². The molecule has 3 atom stereocenters. The van der Waals surface area contributed by atoms with Crippen LogP contribution in [0.2, 0.25) is 0 Å². The molecule has 0 aromatic heterocycles. The molecule has 0 bridgehead atoms. The summed E-state index contributed by atoms with van der Waals surface area (Å²) in [6, 6.07) is 0.410. The molecule has 1 aliphatic carbocycles. The molecule has 0 saturated heterocycles. The molecule has 3 unspecified atom stereocenters. The monoisotopic (exact) mass is 273 g/mol. The third kappa shape index (κ3) is 5.03. The van der Waals surface area contributed by atoms with E-state index in [1.54, 1.807) is 0 Å². The maximum Gasteiger partial charge on any atom is 0.0898 e. The standard InChI is InChI=1S/C15H31NO3/c1-7-18-13-8-12(15(13,5)6)16-9-11(17)10-19-14(2,3)4/h11-13,16-17H,7-10H2,1-6H3. The van der Waals surface area contributed by atoms with E-state index >= 15 is 0 Å². The summed E-state index contributed by atoms with van der Waals surface area (Å²) in [5.74, 6) is 0. The van der Waals surface area contributed by atoms with Crippen molar-refractivity contribution >= 4 is 0 Å². The van der Waals surface area contributed by atoms with Gasteiger partial charge in [0.15, 0.2) is 0 Å². The van der Waals surface area contributed by atoms with E-state index in [-0.39, 0.29) is 11.0 Å². The lowest BCUT2D eigenvalue weighted by Gasteiger charge is -2.52. The summed E-state index contributed by atoms with van der Waals surface area (Å²) in [5.41, 5.74) is -0.0581. The molecule has 0 aromatic carbocycles. The van der Waals surface area contributed by atoms with Crippen molar-refractivity contribution in [2.45, 2.75) is 71.8 Å². The van der Waals surface area contributed by atoms with Gasteiger partial charge in [0, 0.05) is 24.6 Å². The van der Waals surface area contributed by atoms with Crippen LogP contribution >= 0.6 is 0 Å². The molecule has 1 rings (SSSR count). The first-order valence-electron chi connectivity index (χ1n) is 7.34. The van der Waals surface area contributed by atoms with Crippen molar-refractivity contribution < 1.29 is 14.6 Å². The van der Waals surface area contributed by atoms with Gasteiger partial charge in [-0.2, -0.15) is 0 Å². The third-order valence-electron chi connectivity index (χ3n) is 3.85. The van der Waals surface area contributed by atoms with E-state index in [0.29, 0.717) is 25.3 Å². The van der Waals surface area contributed by atoms with E-state index in [9.17, 15) is 5.11 Å². The Morgan fingerprint density at radius 2 is 2.00 bits per heavy atom. The van der Waals surface area contributed by atoms with Crippen molar-refractivity contribution in [1.82, 2.24) is 5.32 Å². The summed E-state index contributed by atoms with van der Waals surface area (Å²) >= 11 is 0. The van der Waals surface area contributed by atoms with E-state index in [0.717, 1.165) is 13.0 Å². The molecule has 0 aromatic rings. The quantitative estimate of drug-likeness (QED) is 0.744. The van der Waals surface area contributed by atoms with Crippen molar-refractivity contribution in [3.63, 3.8) is 0 Å². The highest BCUT2D eigenvalue weighted by atomic mass is 16.5. The van der Waals surface area contributed by atoms with Crippen LogP contribution < -0.4 is 5.32 Å². The Morgan fingerprint density at radius 1 is 1.37 bits per heavy atom. The molecule has 114 valence electrons. The van der Waals surface area contributed by atoms with Crippen molar-refractivity contribution in [3.05, 3.63) is 0 Å². The van der Waals surface area contributed by atoms with Crippen LogP contribution in [0.4, 0.5) is 0 Å². The second kappa shape index (κ2) is 6.53. The lowest BCUT2D eigenvalue weighted by molar-refractivity contribution is -0.117. The summed E-state index contributed by atoms with van der Waals surface area (Å²) in [6.07, 6.45) is 0.896. The average molecular weight is 273 g/mol. The second-order valence-corrected chi connectivity index (χ2v) is 7.04. The average Bonchev–Trinajstić information content (AvgIpc) is 2.29. The summed E-state index contributed by atoms with van der Waals surface area (Å²) in [5, 5.41) is 13.3. The first-order chi connectivity index (χ1) is 8.66. The van der Waals surface area contributed by atoms with Crippen LogP contribution in [0.5, 0.6) is 0 Å². The number of ether oxygens (including phenoxy) is 2. The fourth-order valence-electron chi connectivity index (χ4n) is 2.40. The van der Waals surface area contributed by atoms with Gasteiger partial charge in [-0.15, -0.1) is 0 Å². The normalized spacial score (nSPS) is 27.9. The predicted molar refractivity (Wildman–Crippen MR) is 77.3 cm³/mol. The van der Waals surface area contributed by atoms with Crippen LogP contribution in [0.25, 0.3) is 0 Å². The van der Waals surface area contributed by atoms with Crippen molar-refractivity contribution in [2.24, 2.45) is 5.41 Å². The molecule has 2 N–H and O–H groups in total. The van der Waals surface area contributed by atoms with E-state index in [4.69, 9.17) is 9.47 Å². The lowest BCUT2D eigenvalue weighted by atomic mass is 9.64. The van der Waals surface area contributed by atoms with Crippen LogP contribution in [0.15, 0.2) is 0 Å². The first-order valence-corrected chi connectivity index (χ1v) is 7.34. The van der Waals surface area contributed by atoms with Crippen molar-refractivity contribution in [3.8, 4) is 0 Å². The zero-order valence-corrected chi connectivity index (χ0v) is 13.3. The maximum atomic E-state index is 9.90. The van der Waals surface area contributed by atoms with Gasteiger partial charge in [-0.1, -0.05) is 13.8 Å². The molecular formula is C15H31NO3.